The van der Waals surface area contributed by atoms with Gasteiger partial charge in [0.05, 0.1) is 24.2 Å². The summed E-state index contributed by atoms with van der Waals surface area (Å²) < 4.78 is 6.15. The zero-order valence-corrected chi connectivity index (χ0v) is 18.7. The van der Waals surface area contributed by atoms with Crippen LogP contribution in [0, 0.1) is 11.8 Å². The Hall–Kier alpha value is -2.39. The zero-order chi connectivity index (χ0) is 21.6. The molecule has 2 aromatic carbocycles. The van der Waals surface area contributed by atoms with Crippen molar-refractivity contribution in [1.29, 1.82) is 0 Å². The van der Waals surface area contributed by atoms with Crippen molar-refractivity contribution in [2.24, 2.45) is 16.8 Å². The maximum absolute atomic E-state index is 9.66. The zero-order valence-electron chi connectivity index (χ0n) is 18.7. The van der Waals surface area contributed by atoms with Crippen LogP contribution in [0.4, 0.5) is 0 Å². The van der Waals surface area contributed by atoms with Gasteiger partial charge in [-0.2, -0.15) is 0 Å². The van der Waals surface area contributed by atoms with Gasteiger partial charge in [0.1, 0.15) is 0 Å². The fourth-order valence-electron chi connectivity index (χ4n) is 4.90. The highest BCUT2D eigenvalue weighted by atomic mass is 16.5. The SMILES string of the molecule is C=C(O)C(CC)COC1CCCC(CCC2=CCC(c3ccc4ccccc4c3)=N2)C1. The lowest BCUT2D eigenvalue weighted by Crippen LogP contribution is -2.25. The maximum atomic E-state index is 9.66. The van der Waals surface area contributed by atoms with Crippen LogP contribution in [0.15, 0.2) is 71.6 Å². The van der Waals surface area contributed by atoms with E-state index in [1.54, 1.807) is 0 Å². The first-order chi connectivity index (χ1) is 15.1. The lowest BCUT2D eigenvalue weighted by atomic mass is 9.84. The summed E-state index contributed by atoms with van der Waals surface area (Å²) in [6.07, 6.45) is 11.5. The molecule has 2 aliphatic rings. The summed E-state index contributed by atoms with van der Waals surface area (Å²) in [6.45, 7) is 6.34. The molecule has 1 N–H and O–H groups in total. The van der Waals surface area contributed by atoms with Gasteiger partial charge in [-0.15, -0.1) is 0 Å². The van der Waals surface area contributed by atoms with Crippen molar-refractivity contribution >= 4 is 16.5 Å². The molecule has 164 valence electrons. The van der Waals surface area contributed by atoms with Crippen LogP contribution in [0.1, 0.15) is 63.9 Å². The van der Waals surface area contributed by atoms with E-state index in [1.807, 2.05) is 0 Å². The van der Waals surface area contributed by atoms with Crippen molar-refractivity contribution in [1.82, 2.24) is 0 Å². The van der Waals surface area contributed by atoms with E-state index in [0.717, 1.165) is 32.1 Å². The molecule has 1 heterocycles. The van der Waals surface area contributed by atoms with Crippen molar-refractivity contribution in [3.8, 4) is 0 Å². The molecule has 3 heteroatoms. The second-order valence-corrected chi connectivity index (χ2v) is 9.14. The largest absolute Gasteiger partial charge is 0.513 e. The van der Waals surface area contributed by atoms with Gasteiger partial charge in [0, 0.05) is 18.0 Å². The molecule has 1 saturated carbocycles. The molecule has 0 saturated heterocycles. The molecule has 0 spiro atoms. The Morgan fingerprint density at radius 1 is 1.19 bits per heavy atom. The van der Waals surface area contributed by atoms with Crippen LogP contribution < -0.4 is 0 Å². The number of hydrogen-bond donors (Lipinski definition) is 1. The number of fused-ring (bicyclic) bond motifs is 1. The van der Waals surface area contributed by atoms with Gasteiger partial charge in [0.2, 0.25) is 0 Å². The molecule has 4 rings (SSSR count). The Morgan fingerprint density at radius 2 is 2.03 bits per heavy atom. The third-order valence-electron chi connectivity index (χ3n) is 6.93. The minimum atomic E-state index is 0.0619. The first-order valence-corrected chi connectivity index (χ1v) is 11.9. The number of aliphatic hydroxyl groups is 1. The quantitative estimate of drug-likeness (QED) is 0.433. The molecule has 0 radical (unpaired) electrons. The molecule has 1 aliphatic heterocycles. The maximum Gasteiger partial charge on any atom is 0.0904 e. The molecule has 3 atom stereocenters. The number of aliphatic hydroxyl groups excluding tert-OH is 1. The first kappa shape index (κ1) is 21.8. The average Bonchev–Trinajstić information content (AvgIpc) is 3.27. The summed E-state index contributed by atoms with van der Waals surface area (Å²) in [5.41, 5.74) is 3.68. The summed E-state index contributed by atoms with van der Waals surface area (Å²) in [4.78, 5) is 4.97. The lowest BCUT2D eigenvalue weighted by Gasteiger charge is -2.30. The van der Waals surface area contributed by atoms with Gasteiger partial charge >= 0.3 is 0 Å². The molecule has 2 aromatic rings. The number of hydrogen-bond acceptors (Lipinski definition) is 3. The highest BCUT2D eigenvalue weighted by Gasteiger charge is 2.24. The van der Waals surface area contributed by atoms with Crippen LogP contribution in [0.2, 0.25) is 0 Å². The molecular weight excluding hydrogens is 382 g/mol. The van der Waals surface area contributed by atoms with E-state index in [2.05, 4.69) is 62.0 Å². The van der Waals surface area contributed by atoms with E-state index in [-0.39, 0.29) is 11.7 Å². The van der Waals surface area contributed by atoms with Gasteiger partial charge in [-0.1, -0.05) is 68.8 Å². The van der Waals surface area contributed by atoms with Crippen molar-refractivity contribution in [2.45, 2.75) is 64.4 Å². The second-order valence-electron chi connectivity index (χ2n) is 9.14. The number of ether oxygens (including phenoxy) is 1. The smallest absolute Gasteiger partial charge is 0.0904 e. The van der Waals surface area contributed by atoms with Crippen LogP contribution in [-0.4, -0.2) is 23.5 Å². The normalized spacial score (nSPS) is 22.2. The molecule has 3 unspecified atom stereocenters. The molecule has 3 nitrogen and oxygen atoms in total. The minimum absolute atomic E-state index is 0.0619. The summed E-state index contributed by atoms with van der Waals surface area (Å²) in [6, 6.07) is 15.2. The number of nitrogens with zero attached hydrogens (tertiary/aromatic N) is 1. The van der Waals surface area contributed by atoms with Gasteiger partial charge in [-0.05, 0) is 60.4 Å². The number of allylic oxidation sites excluding steroid dienone is 2. The average molecular weight is 418 g/mol. The summed E-state index contributed by atoms with van der Waals surface area (Å²) in [7, 11) is 0. The summed E-state index contributed by atoms with van der Waals surface area (Å²) >= 11 is 0. The highest BCUT2D eigenvalue weighted by molar-refractivity contribution is 6.05. The van der Waals surface area contributed by atoms with E-state index in [9.17, 15) is 5.11 Å². The van der Waals surface area contributed by atoms with E-state index in [0.29, 0.717) is 18.6 Å². The molecule has 1 fully saturated rings. The highest BCUT2D eigenvalue weighted by Crippen LogP contribution is 2.32. The monoisotopic (exact) mass is 417 g/mol. The van der Waals surface area contributed by atoms with Crippen molar-refractivity contribution < 1.29 is 9.84 Å². The van der Waals surface area contributed by atoms with E-state index >= 15 is 0 Å². The van der Waals surface area contributed by atoms with Crippen LogP contribution >= 0.6 is 0 Å². The lowest BCUT2D eigenvalue weighted by molar-refractivity contribution is -0.00667. The molecule has 31 heavy (non-hydrogen) atoms. The van der Waals surface area contributed by atoms with Crippen LogP contribution in [0.3, 0.4) is 0 Å². The predicted octanol–water partition coefficient (Wildman–Crippen LogP) is 7.37. The molecule has 1 aliphatic carbocycles. The Morgan fingerprint density at radius 3 is 2.84 bits per heavy atom. The molecular formula is C28H35NO2. The summed E-state index contributed by atoms with van der Waals surface area (Å²) in [5, 5.41) is 12.2. The van der Waals surface area contributed by atoms with E-state index in [1.165, 1.54) is 47.0 Å². The van der Waals surface area contributed by atoms with Crippen molar-refractivity contribution in [2.75, 3.05) is 6.61 Å². The Balaban J connectivity index is 1.28. The Labute approximate surface area is 186 Å². The second kappa shape index (κ2) is 10.3. The Kier molecular flexibility index (Phi) is 7.24. The fourth-order valence-corrected chi connectivity index (χ4v) is 4.90. The number of rotatable bonds is 9. The van der Waals surface area contributed by atoms with Crippen molar-refractivity contribution in [3.05, 3.63) is 72.1 Å². The Bertz CT molecular complexity index is 974. The molecule has 0 aromatic heterocycles. The third-order valence-corrected chi connectivity index (χ3v) is 6.93. The van der Waals surface area contributed by atoms with Gasteiger partial charge in [0.15, 0.2) is 0 Å². The van der Waals surface area contributed by atoms with Crippen LogP contribution in [0.5, 0.6) is 0 Å². The van der Waals surface area contributed by atoms with Gasteiger partial charge in [0.25, 0.3) is 0 Å². The van der Waals surface area contributed by atoms with E-state index in [4.69, 9.17) is 9.73 Å². The number of benzene rings is 2. The standard InChI is InChI=1S/C28H35NO2/c1-3-22(20(2)30)19-31-27-10-6-7-21(17-27)11-14-26-15-16-28(29-26)25-13-12-23-8-4-5-9-24(23)18-25/h4-5,8-9,12-13,15,18,21-22,27,30H,2-3,6-7,10-11,14,16-17,19H2,1H3. The predicted molar refractivity (Wildman–Crippen MR) is 130 cm³/mol. The summed E-state index contributed by atoms with van der Waals surface area (Å²) in [5.74, 6) is 1.02. The molecule has 0 amide bonds. The first-order valence-electron chi connectivity index (χ1n) is 11.9. The van der Waals surface area contributed by atoms with Crippen LogP contribution in [0.25, 0.3) is 10.8 Å². The third kappa shape index (κ3) is 5.65. The van der Waals surface area contributed by atoms with Crippen molar-refractivity contribution in [3.63, 3.8) is 0 Å². The van der Waals surface area contributed by atoms with E-state index < -0.39 is 0 Å². The number of aliphatic imine (C=N–C) groups is 1. The van der Waals surface area contributed by atoms with Crippen LogP contribution in [-0.2, 0) is 4.74 Å². The topological polar surface area (TPSA) is 41.8 Å². The van der Waals surface area contributed by atoms with Gasteiger partial charge < -0.3 is 9.84 Å². The van der Waals surface area contributed by atoms with Gasteiger partial charge in [-0.25, -0.2) is 0 Å². The molecule has 0 bridgehead atoms. The fraction of sp³-hybridized carbons (Fsp3) is 0.464. The minimum Gasteiger partial charge on any atom is -0.513 e. The van der Waals surface area contributed by atoms with Gasteiger partial charge in [-0.3, -0.25) is 4.99 Å².